The summed E-state index contributed by atoms with van der Waals surface area (Å²) in [6.45, 7) is 3.81. The number of carbonyl (C=O) groups excluding carboxylic acids is 1. The molecule has 1 aliphatic heterocycles. The molecule has 31 heavy (non-hydrogen) atoms. The molecule has 0 saturated heterocycles. The van der Waals surface area contributed by atoms with Crippen LogP contribution in [-0.4, -0.2) is 30.8 Å². The number of carbonyl (C=O) groups is 1. The second-order valence-electron chi connectivity index (χ2n) is 7.74. The van der Waals surface area contributed by atoms with Crippen LogP contribution in [0.25, 0.3) is 17.2 Å². The van der Waals surface area contributed by atoms with Crippen LogP contribution in [0.3, 0.4) is 0 Å². The van der Waals surface area contributed by atoms with Crippen LogP contribution in [0, 0.1) is 13.8 Å². The molecule has 1 amide bonds. The molecular formula is C24H21N5O2. The highest BCUT2D eigenvalue weighted by Crippen LogP contribution is 2.43. The number of hydrogen-bond acceptors (Lipinski definition) is 5. The van der Waals surface area contributed by atoms with Gasteiger partial charge < -0.3 is 10.4 Å². The maximum atomic E-state index is 12.7. The highest BCUT2D eigenvalue weighted by molar-refractivity contribution is 5.96. The molecule has 0 aliphatic carbocycles. The third kappa shape index (κ3) is 3.44. The molecule has 7 nitrogen and oxygen atoms in total. The number of aromatic hydroxyl groups is 1. The molecule has 0 saturated carbocycles. The Morgan fingerprint density at radius 1 is 1.00 bits per heavy atom. The summed E-state index contributed by atoms with van der Waals surface area (Å²) in [6.07, 6.45) is 0.289. The van der Waals surface area contributed by atoms with E-state index in [-0.39, 0.29) is 24.0 Å². The van der Waals surface area contributed by atoms with Crippen LogP contribution >= 0.6 is 0 Å². The Bertz CT molecular complexity index is 1260. The first-order valence-corrected chi connectivity index (χ1v) is 10.1. The van der Waals surface area contributed by atoms with Gasteiger partial charge in [-0.2, -0.15) is 9.78 Å². The zero-order chi connectivity index (χ0) is 21.5. The van der Waals surface area contributed by atoms with Gasteiger partial charge in [-0.15, -0.1) is 0 Å². The molecule has 1 aliphatic rings. The van der Waals surface area contributed by atoms with E-state index < -0.39 is 0 Å². The fourth-order valence-electron chi connectivity index (χ4n) is 4.10. The van der Waals surface area contributed by atoms with Crippen molar-refractivity contribution in [2.75, 3.05) is 5.32 Å². The van der Waals surface area contributed by atoms with Crippen molar-refractivity contribution in [2.45, 2.75) is 26.2 Å². The van der Waals surface area contributed by atoms with E-state index in [1.54, 1.807) is 16.8 Å². The maximum Gasteiger partial charge on any atom is 0.252 e. The standard InChI is InChI=1S/C24H21N5O2/c1-14-12-15(2)26-24(25-14)29-23-21(22(28-29)17-6-4-3-5-7-17)19(13-20(31)27-23)16-8-10-18(30)11-9-16/h3-12,19,30H,13H2,1-2H3,(H,27,31)/t19-/m1/s1. The number of amides is 1. The number of aromatic nitrogens is 4. The molecule has 2 aromatic heterocycles. The molecule has 0 bridgehead atoms. The van der Waals surface area contributed by atoms with Gasteiger partial charge in [0.15, 0.2) is 0 Å². The van der Waals surface area contributed by atoms with Crippen molar-refractivity contribution in [1.82, 2.24) is 19.7 Å². The third-order valence-electron chi connectivity index (χ3n) is 5.42. The summed E-state index contributed by atoms with van der Waals surface area (Å²) in [6, 6.07) is 18.8. The van der Waals surface area contributed by atoms with Gasteiger partial charge in [-0.3, -0.25) is 4.79 Å². The number of phenolic OH excluding ortho intramolecular Hbond substituents is 1. The summed E-state index contributed by atoms with van der Waals surface area (Å²) in [5, 5.41) is 17.6. The number of rotatable bonds is 3. The van der Waals surface area contributed by atoms with E-state index >= 15 is 0 Å². The highest BCUT2D eigenvalue weighted by atomic mass is 16.3. The Morgan fingerprint density at radius 2 is 1.68 bits per heavy atom. The molecule has 0 unspecified atom stereocenters. The van der Waals surface area contributed by atoms with Crippen LogP contribution < -0.4 is 5.32 Å². The van der Waals surface area contributed by atoms with Crippen LogP contribution in [0.15, 0.2) is 60.7 Å². The Kier molecular flexibility index (Phi) is 4.51. The number of anilines is 1. The van der Waals surface area contributed by atoms with Gasteiger partial charge in [-0.05, 0) is 37.6 Å². The zero-order valence-corrected chi connectivity index (χ0v) is 17.2. The lowest BCUT2D eigenvalue weighted by Crippen LogP contribution is -2.25. The smallest absolute Gasteiger partial charge is 0.252 e. The van der Waals surface area contributed by atoms with Crippen molar-refractivity contribution in [3.05, 3.63) is 83.2 Å². The van der Waals surface area contributed by atoms with E-state index in [1.165, 1.54) is 0 Å². The Hall–Kier alpha value is -4.00. The summed E-state index contributed by atoms with van der Waals surface area (Å²) in [4.78, 5) is 21.8. The summed E-state index contributed by atoms with van der Waals surface area (Å²) >= 11 is 0. The number of aryl methyl sites for hydroxylation is 2. The van der Waals surface area contributed by atoms with Gasteiger partial charge in [0.1, 0.15) is 11.6 Å². The van der Waals surface area contributed by atoms with Crippen molar-refractivity contribution in [3.63, 3.8) is 0 Å². The average Bonchev–Trinajstić information content (AvgIpc) is 3.13. The minimum atomic E-state index is -0.209. The van der Waals surface area contributed by atoms with Crippen LogP contribution in [0.4, 0.5) is 5.82 Å². The van der Waals surface area contributed by atoms with Gasteiger partial charge in [0.05, 0.1) is 5.69 Å². The van der Waals surface area contributed by atoms with E-state index in [0.29, 0.717) is 11.8 Å². The molecule has 7 heteroatoms. The van der Waals surface area contributed by atoms with Crippen LogP contribution in [0.1, 0.15) is 34.9 Å². The lowest BCUT2D eigenvalue weighted by atomic mass is 9.84. The van der Waals surface area contributed by atoms with E-state index in [9.17, 15) is 9.90 Å². The first-order chi connectivity index (χ1) is 15.0. The largest absolute Gasteiger partial charge is 0.508 e. The van der Waals surface area contributed by atoms with Gasteiger partial charge in [0.25, 0.3) is 5.95 Å². The molecule has 154 valence electrons. The predicted molar refractivity (Wildman–Crippen MR) is 117 cm³/mol. The van der Waals surface area contributed by atoms with E-state index in [4.69, 9.17) is 5.10 Å². The lowest BCUT2D eigenvalue weighted by Gasteiger charge is -2.24. The number of benzene rings is 2. The molecule has 3 heterocycles. The van der Waals surface area contributed by atoms with Crippen LogP contribution in [0.2, 0.25) is 0 Å². The van der Waals surface area contributed by atoms with Gasteiger partial charge in [0, 0.05) is 34.9 Å². The van der Waals surface area contributed by atoms with Crippen molar-refractivity contribution in [1.29, 1.82) is 0 Å². The fraction of sp³-hybridized carbons (Fsp3) is 0.167. The Labute approximate surface area is 179 Å². The molecule has 0 fully saturated rings. The maximum absolute atomic E-state index is 12.7. The third-order valence-corrected chi connectivity index (χ3v) is 5.42. The SMILES string of the molecule is Cc1cc(C)nc(-n2nc(-c3ccccc3)c3c2NC(=O)C[C@@H]3c2ccc(O)cc2)n1. The van der Waals surface area contributed by atoms with Crippen molar-refractivity contribution in [3.8, 4) is 23.0 Å². The molecule has 2 N–H and O–H groups in total. The quantitative estimate of drug-likeness (QED) is 0.529. The van der Waals surface area contributed by atoms with E-state index in [0.717, 1.165) is 33.8 Å². The summed E-state index contributed by atoms with van der Waals surface area (Å²) in [7, 11) is 0. The molecule has 0 spiro atoms. The fourth-order valence-corrected chi connectivity index (χ4v) is 4.10. The van der Waals surface area contributed by atoms with Crippen molar-refractivity contribution >= 4 is 11.7 Å². The van der Waals surface area contributed by atoms with Gasteiger partial charge in [0.2, 0.25) is 5.91 Å². The van der Waals surface area contributed by atoms with Gasteiger partial charge in [-0.1, -0.05) is 42.5 Å². The summed E-state index contributed by atoms with van der Waals surface area (Å²) in [5.74, 6) is 0.877. The molecule has 2 aromatic carbocycles. The number of fused-ring (bicyclic) bond motifs is 1. The number of nitrogens with zero attached hydrogens (tertiary/aromatic N) is 4. The topological polar surface area (TPSA) is 92.9 Å². The Balaban J connectivity index is 1.78. The van der Waals surface area contributed by atoms with Crippen LogP contribution in [0.5, 0.6) is 5.75 Å². The monoisotopic (exact) mass is 411 g/mol. The highest BCUT2D eigenvalue weighted by Gasteiger charge is 2.35. The number of nitrogens with one attached hydrogen (secondary N) is 1. The van der Waals surface area contributed by atoms with Crippen molar-refractivity contribution < 1.29 is 9.90 Å². The van der Waals surface area contributed by atoms with Crippen LogP contribution in [-0.2, 0) is 4.79 Å². The minimum Gasteiger partial charge on any atom is -0.508 e. The van der Waals surface area contributed by atoms with E-state index in [1.807, 2.05) is 62.4 Å². The average molecular weight is 411 g/mol. The van der Waals surface area contributed by atoms with Gasteiger partial charge in [-0.25, -0.2) is 9.97 Å². The molecule has 1 atom stereocenters. The minimum absolute atomic E-state index is 0.101. The van der Waals surface area contributed by atoms with E-state index in [2.05, 4.69) is 15.3 Å². The zero-order valence-electron chi connectivity index (χ0n) is 17.2. The molecule has 5 rings (SSSR count). The second-order valence-corrected chi connectivity index (χ2v) is 7.74. The molecular weight excluding hydrogens is 390 g/mol. The predicted octanol–water partition coefficient (Wildman–Crippen LogP) is 4.13. The number of hydrogen-bond donors (Lipinski definition) is 2. The first kappa shape index (κ1) is 19.0. The second kappa shape index (κ2) is 7.36. The normalized spacial score (nSPS) is 15.4. The first-order valence-electron chi connectivity index (χ1n) is 10.1. The van der Waals surface area contributed by atoms with Crippen molar-refractivity contribution in [2.24, 2.45) is 0 Å². The molecule has 4 aromatic rings. The molecule has 0 radical (unpaired) electrons. The Morgan fingerprint density at radius 3 is 2.35 bits per heavy atom. The summed E-state index contributed by atoms with van der Waals surface area (Å²) < 4.78 is 1.63. The summed E-state index contributed by atoms with van der Waals surface area (Å²) in [5.41, 5.74) is 5.22. The number of phenols is 1. The van der Waals surface area contributed by atoms with Gasteiger partial charge >= 0.3 is 0 Å². The lowest BCUT2D eigenvalue weighted by molar-refractivity contribution is -0.116.